The van der Waals surface area contributed by atoms with Crippen LogP contribution >= 0.6 is 7.52 Å². The van der Waals surface area contributed by atoms with Crippen LogP contribution in [0.2, 0.25) is 0 Å². The quantitative estimate of drug-likeness (QED) is 0.723. The number of para-hydroxylation sites is 1. The van der Waals surface area contributed by atoms with Crippen LogP contribution < -0.4 is 4.52 Å². The minimum Gasteiger partial charge on any atom is -0.433 e. The summed E-state index contributed by atoms with van der Waals surface area (Å²) in [6.07, 6.45) is 0. The third-order valence-corrected chi connectivity index (χ3v) is 4.40. The molecule has 0 saturated heterocycles. The molecule has 1 rings (SSSR count). The third-order valence-electron chi connectivity index (χ3n) is 2.26. The van der Waals surface area contributed by atoms with E-state index in [9.17, 15) is 4.57 Å². The molecule has 0 fully saturated rings. The maximum Gasteiger partial charge on any atom is 0.316 e. The van der Waals surface area contributed by atoms with E-state index < -0.39 is 7.52 Å². The first-order valence-corrected chi connectivity index (χ1v) is 7.20. The fraction of sp³-hybridized carbons (Fsp3) is 0.455. The Labute approximate surface area is 91.6 Å². The Morgan fingerprint density at radius 3 is 2.20 bits per heavy atom. The van der Waals surface area contributed by atoms with E-state index >= 15 is 0 Å². The Balaban J connectivity index is 2.76. The van der Waals surface area contributed by atoms with Crippen LogP contribution in [-0.4, -0.2) is 24.4 Å². The maximum absolute atomic E-state index is 12.2. The average Bonchev–Trinajstić information content (AvgIpc) is 2.19. The van der Waals surface area contributed by atoms with E-state index in [1.807, 2.05) is 48.8 Å². The summed E-state index contributed by atoms with van der Waals surface area (Å²) in [5.74, 6) is 0.662. The molecule has 0 aliphatic heterocycles. The maximum atomic E-state index is 12.2. The van der Waals surface area contributed by atoms with Gasteiger partial charge < -0.3 is 4.52 Å². The summed E-state index contributed by atoms with van der Waals surface area (Å²) in [4.78, 5) is 0. The number of hydrogen-bond donors (Lipinski definition) is 0. The van der Waals surface area contributed by atoms with E-state index in [2.05, 4.69) is 0 Å². The van der Waals surface area contributed by atoms with Gasteiger partial charge in [-0.3, -0.25) is 4.57 Å². The van der Waals surface area contributed by atoms with Gasteiger partial charge in [-0.15, -0.1) is 0 Å². The normalized spacial score (nSPS) is 14.9. The molecule has 0 aliphatic carbocycles. The molecule has 15 heavy (non-hydrogen) atoms. The first-order chi connectivity index (χ1) is 7.10. The topological polar surface area (TPSA) is 29.5 Å². The standard InChI is InChI=1S/C11H18NO2P/c1-4-12(5-2)15(3,13)14-11-9-7-6-8-10-11/h6-10H,4-5H2,1-3H3. The van der Waals surface area contributed by atoms with E-state index in [4.69, 9.17) is 4.52 Å². The smallest absolute Gasteiger partial charge is 0.316 e. The molecule has 1 aromatic rings. The molecule has 1 atom stereocenters. The summed E-state index contributed by atoms with van der Waals surface area (Å²) in [5.41, 5.74) is 0. The van der Waals surface area contributed by atoms with Crippen molar-refractivity contribution in [3.8, 4) is 5.75 Å². The Bertz CT molecular complexity index is 336. The molecule has 84 valence electrons. The molecule has 1 aromatic carbocycles. The van der Waals surface area contributed by atoms with E-state index in [0.29, 0.717) is 5.75 Å². The van der Waals surface area contributed by atoms with Gasteiger partial charge in [0.15, 0.2) is 0 Å². The minimum absolute atomic E-state index is 0.662. The second-order valence-electron chi connectivity index (χ2n) is 3.35. The van der Waals surface area contributed by atoms with Crippen molar-refractivity contribution in [3.05, 3.63) is 30.3 Å². The van der Waals surface area contributed by atoms with E-state index in [0.717, 1.165) is 13.1 Å². The number of hydrogen-bond acceptors (Lipinski definition) is 2. The van der Waals surface area contributed by atoms with Gasteiger partial charge in [0.1, 0.15) is 5.75 Å². The van der Waals surface area contributed by atoms with Gasteiger partial charge in [0.05, 0.1) is 0 Å². The lowest BCUT2D eigenvalue weighted by Gasteiger charge is -2.26. The number of rotatable bonds is 5. The van der Waals surface area contributed by atoms with Crippen LogP contribution in [0.15, 0.2) is 30.3 Å². The molecule has 0 amide bonds. The Hall–Kier alpha value is -0.790. The summed E-state index contributed by atoms with van der Waals surface area (Å²) in [6.45, 7) is 7.09. The van der Waals surface area contributed by atoms with Gasteiger partial charge in [-0.25, -0.2) is 4.67 Å². The van der Waals surface area contributed by atoms with Gasteiger partial charge in [0.2, 0.25) is 0 Å². The fourth-order valence-electron chi connectivity index (χ4n) is 1.47. The molecule has 3 nitrogen and oxygen atoms in total. The average molecular weight is 227 g/mol. The zero-order valence-corrected chi connectivity index (χ0v) is 10.4. The lowest BCUT2D eigenvalue weighted by Crippen LogP contribution is -2.21. The van der Waals surface area contributed by atoms with Crippen LogP contribution in [0.4, 0.5) is 0 Å². The van der Waals surface area contributed by atoms with E-state index in [-0.39, 0.29) is 0 Å². The molecule has 0 saturated carbocycles. The summed E-state index contributed by atoms with van der Waals surface area (Å²) < 4.78 is 19.6. The molecule has 0 aliphatic rings. The molecule has 0 radical (unpaired) electrons. The largest absolute Gasteiger partial charge is 0.433 e. The SMILES string of the molecule is CCN(CC)P(C)(=O)Oc1ccccc1. The molecule has 0 bridgehead atoms. The predicted molar refractivity (Wildman–Crippen MR) is 63.5 cm³/mol. The molecular weight excluding hydrogens is 209 g/mol. The van der Waals surface area contributed by atoms with Gasteiger partial charge in [-0.05, 0) is 12.1 Å². The van der Waals surface area contributed by atoms with Gasteiger partial charge in [0, 0.05) is 19.8 Å². The molecule has 1 unspecified atom stereocenters. The first kappa shape index (κ1) is 12.3. The molecule has 0 heterocycles. The fourth-order valence-corrected chi connectivity index (χ4v) is 3.13. The second kappa shape index (κ2) is 5.34. The monoisotopic (exact) mass is 227 g/mol. The highest BCUT2D eigenvalue weighted by molar-refractivity contribution is 7.56. The van der Waals surface area contributed by atoms with Crippen molar-refractivity contribution in [2.24, 2.45) is 0 Å². The van der Waals surface area contributed by atoms with Crippen LogP contribution in [0.3, 0.4) is 0 Å². The van der Waals surface area contributed by atoms with Crippen LogP contribution in [0.25, 0.3) is 0 Å². The number of nitrogens with zero attached hydrogens (tertiary/aromatic N) is 1. The van der Waals surface area contributed by atoms with Crippen molar-refractivity contribution in [1.29, 1.82) is 0 Å². The Kier molecular flexibility index (Phi) is 4.37. The highest BCUT2D eigenvalue weighted by atomic mass is 31.2. The van der Waals surface area contributed by atoms with Gasteiger partial charge in [-0.1, -0.05) is 32.0 Å². The van der Waals surface area contributed by atoms with Gasteiger partial charge >= 0.3 is 7.52 Å². The van der Waals surface area contributed by atoms with Crippen molar-refractivity contribution < 1.29 is 9.09 Å². The molecule has 0 N–H and O–H groups in total. The lowest BCUT2D eigenvalue weighted by molar-refractivity contribution is 0.376. The van der Waals surface area contributed by atoms with Gasteiger partial charge in [-0.2, -0.15) is 0 Å². The van der Waals surface area contributed by atoms with Crippen LogP contribution in [0, 0.1) is 0 Å². The molecule has 0 aromatic heterocycles. The van der Waals surface area contributed by atoms with Crippen LogP contribution in [0.1, 0.15) is 13.8 Å². The highest BCUT2D eigenvalue weighted by Gasteiger charge is 2.24. The van der Waals surface area contributed by atoms with Crippen molar-refractivity contribution >= 4 is 7.52 Å². The van der Waals surface area contributed by atoms with E-state index in [1.54, 1.807) is 6.66 Å². The Morgan fingerprint density at radius 2 is 1.73 bits per heavy atom. The summed E-state index contributed by atoms with van der Waals surface area (Å²) in [7, 11) is -2.69. The summed E-state index contributed by atoms with van der Waals surface area (Å²) >= 11 is 0. The van der Waals surface area contributed by atoms with Gasteiger partial charge in [0.25, 0.3) is 0 Å². The zero-order valence-electron chi connectivity index (χ0n) is 9.51. The zero-order chi connectivity index (χ0) is 11.3. The van der Waals surface area contributed by atoms with E-state index in [1.165, 1.54) is 0 Å². The predicted octanol–water partition coefficient (Wildman–Crippen LogP) is 3.23. The lowest BCUT2D eigenvalue weighted by atomic mass is 10.3. The first-order valence-electron chi connectivity index (χ1n) is 5.17. The Morgan fingerprint density at radius 1 is 1.20 bits per heavy atom. The van der Waals surface area contributed by atoms with Crippen LogP contribution in [-0.2, 0) is 4.57 Å². The highest BCUT2D eigenvalue weighted by Crippen LogP contribution is 2.46. The summed E-state index contributed by atoms with van der Waals surface area (Å²) in [6, 6.07) is 9.29. The second-order valence-corrected chi connectivity index (χ2v) is 5.70. The van der Waals surface area contributed by atoms with Crippen molar-refractivity contribution in [2.45, 2.75) is 13.8 Å². The van der Waals surface area contributed by atoms with Crippen LogP contribution in [0.5, 0.6) is 5.75 Å². The molecule has 0 spiro atoms. The third kappa shape index (κ3) is 3.37. The van der Waals surface area contributed by atoms with Crippen molar-refractivity contribution in [2.75, 3.05) is 19.8 Å². The summed E-state index contributed by atoms with van der Waals surface area (Å²) in [5, 5.41) is 0. The molecular formula is C11H18NO2P. The minimum atomic E-state index is -2.69. The van der Waals surface area contributed by atoms with Crippen molar-refractivity contribution in [3.63, 3.8) is 0 Å². The molecule has 4 heteroatoms. The van der Waals surface area contributed by atoms with Crippen molar-refractivity contribution in [1.82, 2.24) is 4.67 Å². The number of benzene rings is 1.